The molecule has 0 aromatic heterocycles. The average molecular weight is 254 g/mol. The highest BCUT2D eigenvalue weighted by atomic mass is 16.9. The van der Waals surface area contributed by atoms with Gasteiger partial charge in [0.15, 0.2) is 0 Å². The molecular weight excluding hydrogens is 232 g/mol. The monoisotopic (exact) mass is 254 g/mol. The molecule has 0 unspecified atom stereocenters. The minimum Gasteiger partial charge on any atom is -0.497 e. The normalized spacial score (nSPS) is 11.3. The van der Waals surface area contributed by atoms with Crippen LogP contribution in [-0.4, -0.2) is 26.3 Å². The van der Waals surface area contributed by atoms with Gasteiger partial charge in [-0.15, -0.1) is 0 Å². The van der Waals surface area contributed by atoms with E-state index in [-0.39, 0.29) is 0 Å². The van der Waals surface area contributed by atoms with E-state index in [1.807, 2.05) is 45.0 Å². The van der Waals surface area contributed by atoms with Crippen LogP contribution in [0.15, 0.2) is 24.3 Å². The zero-order chi connectivity index (χ0) is 13.4. The Balaban J connectivity index is 2.80. The van der Waals surface area contributed by atoms with Gasteiger partial charge in [0.2, 0.25) is 0 Å². The summed E-state index contributed by atoms with van der Waals surface area (Å²) in [5.41, 5.74) is 0. The van der Waals surface area contributed by atoms with Crippen LogP contribution < -0.4 is 9.47 Å². The van der Waals surface area contributed by atoms with Gasteiger partial charge in [0.05, 0.1) is 20.3 Å². The van der Waals surface area contributed by atoms with Crippen molar-refractivity contribution in [2.75, 3.05) is 20.3 Å². The quantitative estimate of drug-likeness (QED) is 0.667. The Morgan fingerprint density at radius 1 is 0.889 bits per heavy atom. The Morgan fingerprint density at radius 3 is 1.78 bits per heavy atom. The zero-order valence-corrected chi connectivity index (χ0v) is 11.6. The van der Waals surface area contributed by atoms with Crippen molar-refractivity contribution >= 4 is 0 Å². The molecule has 0 aliphatic rings. The Kier molecular flexibility index (Phi) is 5.95. The van der Waals surface area contributed by atoms with E-state index in [0.717, 1.165) is 5.75 Å². The Morgan fingerprint density at radius 2 is 1.39 bits per heavy atom. The highest BCUT2D eigenvalue weighted by Gasteiger charge is 2.32. The number of ether oxygens (including phenoxy) is 4. The highest BCUT2D eigenvalue weighted by molar-refractivity contribution is 5.31. The van der Waals surface area contributed by atoms with Gasteiger partial charge in [0.1, 0.15) is 11.5 Å². The summed E-state index contributed by atoms with van der Waals surface area (Å²) < 4.78 is 22.1. The number of hydrogen-bond acceptors (Lipinski definition) is 4. The molecule has 0 bridgehead atoms. The van der Waals surface area contributed by atoms with Gasteiger partial charge in [-0.25, -0.2) is 0 Å². The molecule has 0 spiro atoms. The molecule has 0 radical (unpaired) electrons. The molecule has 1 aromatic carbocycles. The highest BCUT2D eigenvalue weighted by Crippen LogP contribution is 2.26. The van der Waals surface area contributed by atoms with E-state index in [0.29, 0.717) is 25.4 Å². The second-order valence-electron chi connectivity index (χ2n) is 3.68. The van der Waals surface area contributed by atoms with Crippen molar-refractivity contribution in [1.82, 2.24) is 0 Å². The first-order chi connectivity index (χ1) is 8.69. The third kappa shape index (κ3) is 3.89. The number of rotatable bonds is 8. The van der Waals surface area contributed by atoms with Crippen molar-refractivity contribution in [2.24, 2.45) is 0 Å². The minimum atomic E-state index is -1.00. The average Bonchev–Trinajstić information content (AvgIpc) is 2.40. The third-order valence-corrected chi connectivity index (χ3v) is 2.49. The smallest absolute Gasteiger partial charge is 0.326 e. The molecule has 0 aliphatic carbocycles. The Bertz CT molecular complexity index is 328. The maximum absolute atomic E-state index is 5.83. The van der Waals surface area contributed by atoms with Gasteiger partial charge in [-0.1, -0.05) is 6.92 Å². The summed E-state index contributed by atoms with van der Waals surface area (Å²) in [6.45, 7) is 6.87. The Labute approximate surface area is 109 Å². The van der Waals surface area contributed by atoms with Gasteiger partial charge in [0.25, 0.3) is 0 Å². The summed E-state index contributed by atoms with van der Waals surface area (Å²) in [5, 5.41) is 0. The van der Waals surface area contributed by atoms with Gasteiger partial charge in [0, 0.05) is 6.42 Å². The lowest BCUT2D eigenvalue weighted by atomic mass is 10.3. The standard InChI is InChI=1S/C14H22O4/c1-5-14(16-6-2,17-7-3)18-13-10-8-12(15-4)9-11-13/h8-11H,5-7H2,1-4H3. The van der Waals surface area contributed by atoms with Crippen molar-refractivity contribution in [1.29, 1.82) is 0 Å². The fourth-order valence-corrected chi connectivity index (χ4v) is 1.64. The van der Waals surface area contributed by atoms with Gasteiger partial charge in [-0.05, 0) is 38.1 Å². The first-order valence-corrected chi connectivity index (χ1v) is 6.30. The topological polar surface area (TPSA) is 36.9 Å². The molecule has 4 nitrogen and oxygen atoms in total. The van der Waals surface area contributed by atoms with Crippen molar-refractivity contribution in [3.8, 4) is 11.5 Å². The molecule has 18 heavy (non-hydrogen) atoms. The van der Waals surface area contributed by atoms with Crippen LogP contribution in [0.5, 0.6) is 11.5 Å². The Hall–Kier alpha value is -1.26. The largest absolute Gasteiger partial charge is 0.497 e. The predicted octanol–water partition coefficient (Wildman–Crippen LogP) is 3.21. The molecule has 4 heteroatoms. The van der Waals surface area contributed by atoms with E-state index in [1.165, 1.54) is 0 Å². The van der Waals surface area contributed by atoms with E-state index in [4.69, 9.17) is 18.9 Å². The van der Waals surface area contributed by atoms with Crippen LogP contribution in [0.2, 0.25) is 0 Å². The minimum absolute atomic E-state index is 0.532. The molecule has 0 fully saturated rings. The summed E-state index contributed by atoms with van der Waals surface area (Å²) in [6.07, 6.45) is 0.612. The molecule has 0 atom stereocenters. The summed E-state index contributed by atoms with van der Waals surface area (Å²) >= 11 is 0. The van der Waals surface area contributed by atoms with E-state index in [1.54, 1.807) is 7.11 Å². The maximum Gasteiger partial charge on any atom is 0.326 e. The molecule has 0 amide bonds. The van der Waals surface area contributed by atoms with Crippen LogP contribution in [0, 0.1) is 0 Å². The second kappa shape index (κ2) is 7.24. The summed E-state index contributed by atoms with van der Waals surface area (Å²) in [5.74, 6) is 0.481. The molecular formula is C14H22O4. The summed E-state index contributed by atoms with van der Waals surface area (Å²) in [7, 11) is 1.63. The lowest BCUT2D eigenvalue weighted by Crippen LogP contribution is -2.41. The van der Waals surface area contributed by atoms with Crippen molar-refractivity contribution in [3.63, 3.8) is 0 Å². The molecule has 0 heterocycles. The number of hydrogen-bond donors (Lipinski definition) is 0. The van der Waals surface area contributed by atoms with Crippen LogP contribution in [0.3, 0.4) is 0 Å². The summed E-state index contributed by atoms with van der Waals surface area (Å²) in [4.78, 5) is 0. The second-order valence-corrected chi connectivity index (χ2v) is 3.68. The van der Waals surface area contributed by atoms with E-state index in [2.05, 4.69) is 0 Å². The van der Waals surface area contributed by atoms with Crippen LogP contribution in [0.1, 0.15) is 27.2 Å². The number of methoxy groups -OCH3 is 1. The van der Waals surface area contributed by atoms with Crippen LogP contribution in [-0.2, 0) is 9.47 Å². The zero-order valence-electron chi connectivity index (χ0n) is 11.6. The van der Waals surface area contributed by atoms with Crippen LogP contribution in [0.4, 0.5) is 0 Å². The third-order valence-electron chi connectivity index (χ3n) is 2.49. The number of benzene rings is 1. The molecule has 102 valence electrons. The van der Waals surface area contributed by atoms with Crippen LogP contribution in [0.25, 0.3) is 0 Å². The van der Waals surface area contributed by atoms with Gasteiger partial charge in [-0.3, -0.25) is 0 Å². The van der Waals surface area contributed by atoms with E-state index in [9.17, 15) is 0 Å². The molecule has 1 aromatic rings. The van der Waals surface area contributed by atoms with Gasteiger partial charge < -0.3 is 18.9 Å². The molecule has 0 N–H and O–H groups in total. The molecule has 0 saturated carbocycles. The van der Waals surface area contributed by atoms with Gasteiger partial charge >= 0.3 is 5.97 Å². The van der Waals surface area contributed by atoms with Crippen molar-refractivity contribution in [3.05, 3.63) is 24.3 Å². The predicted molar refractivity (Wildman–Crippen MR) is 69.9 cm³/mol. The van der Waals surface area contributed by atoms with Crippen molar-refractivity contribution in [2.45, 2.75) is 33.2 Å². The fraction of sp³-hybridized carbons (Fsp3) is 0.571. The SMILES string of the molecule is CCOC(CC)(OCC)Oc1ccc(OC)cc1. The van der Waals surface area contributed by atoms with Crippen LogP contribution >= 0.6 is 0 Å². The van der Waals surface area contributed by atoms with E-state index >= 15 is 0 Å². The van der Waals surface area contributed by atoms with Crippen molar-refractivity contribution < 1.29 is 18.9 Å². The first kappa shape index (κ1) is 14.8. The molecule has 0 aliphatic heterocycles. The molecule has 1 rings (SSSR count). The molecule has 0 saturated heterocycles. The fourth-order valence-electron chi connectivity index (χ4n) is 1.64. The summed E-state index contributed by atoms with van der Waals surface area (Å²) in [6, 6.07) is 7.35. The maximum atomic E-state index is 5.83. The van der Waals surface area contributed by atoms with E-state index < -0.39 is 5.97 Å². The first-order valence-electron chi connectivity index (χ1n) is 6.30. The lowest BCUT2D eigenvalue weighted by molar-refractivity contribution is -0.341. The lowest BCUT2D eigenvalue weighted by Gasteiger charge is -2.32. The van der Waals surface area contributed by atoms with Gasteiger partial charge in [-0.2, -0.15) is 0 Å².